The molecule has 1 amide bonds. The van der Waals surface area contributed by atoms with Crippen molar-refractivity contribution in [2.75, 3.05) is 11.1 Å². The Kier molecular flexibility index (Phi) is 7.39. The molecule has 6 heteroatoms. The zero-order chi connectivity index (χ0) is 24.6. The predicted molar refractivity (Wildman–Crippen MR) is 140 cm³/mol. The quantitative estimate of drug-likeness (QED) is 0.269. The Bertz CT molecular complexity index is 1420. The lowest BCUT2D eigenvalue weighted by Crippen LogP contribution is -2.25. The number of unbranched alkanes of at least 4 members (excludes halogenated alkanes) is 1. The highest BCUT2D eigenvalue weighted by Gasteiger charge is 2.17. The molecule has 0 atom stereocenters. The highest BCUT2D eigenvalue weighted by atomic mass is 16.1. The van der Waals surface area contributed by atoms with E-state index in [0.29, 0.717) is 42.7 Å². The maximum Gasteiger partial charge on any atom is 0.269 e. The fourth-order valence-electron chi connectivity index (χ4n) is 4.05. The van der Waals surface area contributed by atoms with Gasteiger partial charge in [-0.05, 0) is 42.2 Å². The molecule has 6 nitrogen and oxygen atoms in total. The van der Waals surface area contributed by atoms with E-state index in [0.717, 1.165) is 16.8 Å². The first-order valence-electron chi connectivity index (χ1n) is 11.5. The number of pyridine rings is 1. The lowest BCUT2D eigenvalue weighted by atomic mass is 9.98. The van der Waals surface area contributed by atoms with Crippen LogP contribution in [0.5, 0.6) is 0 Å². The fraction of sp³-hybridized carbons (Fsp3) is 0.138. The number of para-hydroxylation sites is 2. The predicted octanol–water partition coefficient (Wildman–Crippen LogP) is 5.45. The summed E-state index contributed by atoms with van der Waals surface area (Å²) in [6.45, 7) is 0.396. The van der Waals surface area contributed by atoms with Crippen molar-refractivity contribution in [2.45, 2.75) is 25.8 Å². The van der Waals surface area contributed by atoms with Crippen molar-refractivity contribution in [1.82, 2.24) is 4.57 Å². The van der Waals surface area contributed by atoms with Gasteiger partial charge in [0.05, 0.1) is 17.1 Å². The maximum absolute atomic E-state index is 13.4. The number of rotatable bonds is 8. The van der Waals surface area contributed by atoms with Crippen molar-refractivity contribution in [2.24, 2.45) is 0 Å². The number of anilines is 2. The van der Waals surface area contributed by atoms with Gasteiger partial charge >= 0.3 is 0 Å². The molecule has 3 N–H and O–H groups in total. The molecule has 0 unspecified atom stereocenters. The summed E-state index contributed by atoms with van der Waals surface area (Å²) < 4.78 is 1.65. The molecule has 3 aromatic carbocycles. The van der Waals surface area contributed by atoms with E-state index in [2.05, 4.69) is 11.4 Å². The van der Waals surface area contributed by atoms with E-state index in [1.807, 2.05) is 78.9 Å². The van der Waals surface area contributed by atoms with Crippen molar-refractivity contribution in [1.29, 1.82) is 5.26 Å². The van der Waals surface area contributed by atoms with Crippen LogP contribution in [0.1, 0.15) is 24.8 Å². The Labute approximate surface area is 204 Å². The minimum Gasteiger partial charge on any atom is -0.397 e. The van der Waals surface area contributed by atoms with Gasteiger partial charge < -0.3 is 15.6 Å². The number of carbonyl (C=O) groups is 1. The summed E-state index contributed by atoms with van der Waals surface area (Å²) in [4.78, 5) is 25.8. The third kappa shape index (κ3) is 5.48. The number of nitrogens with two attached hydrogens (primary N) is 1. The SMILES string of the molecule is N#Cc1c(-c2ccccc2)cc(-c2ccccc2)n(CCCCC(=O)Nc2ccccc2N)c1=O. The van der Waals surface area contributed by atoms with Crippen molar-refractivity contribution in [3.63, 3.8) is 0 Å². The first kappa shape index (κ1) is 23.5. The summed E-state index contributed by atoms with van der Waals surface area (Å²) in [6.07, 6.45) is 1.49. The monoisotopic (exact) mass is 462 g/mol. The molecule has 0 aliphatic rings. The molecule has 4 aromatic rings. The second kappa shape index (κ2) is 11.0. The molecule has 1 aromatic heterocycles. The van der Waals surface area contributed by atoms with Crippen molar-refractivity contribution in [3.8, 4) is 28.5 Å². The number of aromatic nitrogens is 1. The van der Waals surface area contributed by atoms with E-state index in [1.165, 1.54) is 0 Å². The highest BCUT2D eigenvalue weighted by Crippen LogP contribution is 2.28. The summed E-state index contributed by atoms with van der Waals surface area (Å²) in [5.41, 5.74) is 9.87. The molecule has 0 spiro atoms. The van der Waals surface area contributed by atoms with Crippen LogP contribution in [0, 0.1) is 11.3 Å². The fourth-order valence-corrected chi connectivity index (χ4v) is 4.05. The van der Waals surface area contributed by atoms with Gasteiger partial charge in [-0.25, -0.2) is 0 Å². The summed E-state index contributed by atoms with van der Waals surface area (Å²) in [5, 5.41) is 12.7. The van der Waals surface area contributed by atoms with E-state index >= 15 is 0 Å². The van der Waals surface area contributed by atoms with Gasteiger partial charge in [0, 0.05) is 18.5 Å². The van der Waals surface area contributed by atoms with Crippen LogP contribution in [0.25, 0.3) is 22.4 Å². The summed E-state index contributed by atoms with van der Waals surface area (Å²) in [5.74, 6) is -0.129. The Morgan fingerprint density at radius 1 is 0.886 bits per heavy atom. The van der Waals surface area contributed by atoms with E-state index in [4.69, 9.17) is 5.73 Å². The van der Waals surface area contributed by atoms with Crippen molar-refractivity contribution >= 4 is 17.3 Å². The van der Waals surface area contributed by atoms with Gasteiger partial charge in [0.15, 0.2) is 0 Å². The van der Waals surface area contributed by atoms with Crippen LogP contribution < -0.4 is 16.6 Å². The Balaban J connectivity index is 1.57. The Morgan fingerprint density at radius 2 is 1.51 bits per heavy atom. The summed E-state index contributed by atoms with van der Waals surface area (Å²) in [6, 6.07) is 30.3. The molecule has 0 aliphatic carbocycles. The van der Waals surface area contributed by atoms with Crippen LogP contribution in [-0.2, 0) is 11.3 Å². The molecule has 0 bridgehead atoms. The van der Waals surface area contributed by atoms with Gasteiger partial charge in [-0.3, -0.25) is 9.59 Å². The lowest BCUT2D eigenvalue weighted by Gasteiger charge is -2.17. The largest absolute Gasteiger partial charge is 0.397 e. The molecular formula is C29H26N4O2. The van der Waals surface area contributed by atoms with E-state index in [1.54, 1.807) is 16.7 Å². The van der Waals surface area contributed by atoms with Crippen molar-refractivity contribution < 1.29 is 4.79 Å². The number of benzene rings is 3. The Morgan fingerprint density at radius 3 is 2.17 bits per heavy atom. The average Bonchev–Trinajstić information content (AvgIpc) is 2.89. The van der Waals surface area contributed by atoms with Crippen LogP contribution in [-0.4, -0.2) is 10.5 Å². The van der Waals surface area contributed by atoms with E-state index in [9.17, 15) is 14.9 Å². The summed E-state index contributed by atoms with van der Waals surface area (Å²) >= 11 is 0. The van der Waals surface area contributed by atoms with Gasteiger partial charge in [-0.15, -0.1) is 0 Å². The smallest absolute Gasteiger partial charge is 0.269 e. The van der Waals surface area contributed by atoms with Crippen LogP contribution in [0.4, 0.5) is 11.4 Å². The third-order valence-corrected chi connectivity index (χ3v) is 5.84. The number of hydrogen-bond donors (Lipinski definition) is 2. The normalized spacial score (nSPS) is 10.5. The van der Waals surface area contributed by atoms with E-state index in [-0.39, 0.29) is 17.0 Å². The zero-order valence-corrected chi connectivity index (χ0v) is 19.3. The number of nitrogen functional groups attached to an aromatic ring is 1. The Hall–Kier alpha value is -4.63. The van der Waals surface area contributed by atoms with Gasteiger partial charge in [-0.2, -0.15) is 5.26 Å². The lowest BCUT2D eigenvalue weighted by molar-refractivity contribution is -0.116. The van der Waals surface area contributed by atoms with Gasteiger partial charge in [0.25, 0.3) is 5.56 Å². The minimum atomic E-state index is -0.325. The highest BCUT2D eigenvalue weighted by molar-refractivity contribution is 5.93. The number of nitrogens with one attached hydrogen (secondary N) is 1. The maximum atomic E-state index is 13.4. The second-order valence-electron chi connectivity index (χ2n) is 8.21. The number of nitriles is 1. The molecule has 174 valence electrons. The molecule has 0 saturated carbocycles. The first-order valence-corrected chi connectivity index (χ1v) is 11.5. The van der Waals surface area contributed by atoms with Crippen LogP contribution >= 0.6 is 0 Å². The summed E-state index contributed by atoms with van der Waals surface area (Å²) in [7, 11) is 0. The number of amides is 1. The molecule has 0 fully saturated rings. The number of nitrogens with zero attached hydrogens (tertiary/aromatic N) is 2. The molecule has 0 radical (unpaired) electrons. The molecule has 4 rings (SSSR count). The molecule has 1 heterocycles. The van der Waals surface area contributed by atoms with E-state index < -0.39 is 0 Å². The third-order valence-electron chi connectivity index (χ3n) is 5.84. The number of hydrogen-bond acceptors (Lipinski definition) is 4. The zero-order valence-electron chi connectivity index (χ0n) is 19.3. The van der Waals surface area contributed by atoms with Crippen LogP contribution in [0.3, 0.4) is 0 Å². The topological polar surface area (TPSA) is 101 Å². The molecular weight excluding hydrogens is 436 g/mol. The van der Waals surface area contributed by atoms with Gasteiger partial charge in [0.1, 0.15) is 11.6 Å². The standard InChI is InChI=1S/C29H26N4O2/c30-20-24-23(21-11-3-1-4-12-21)19-27(22-13-5-2-6-14-22)33(29(24)35)18-10-9-17-28(34)32-26-16-8-7-15-25(26)31/h1-8,11-16,19H,9-10,17-18,31H2,(H,32,34). The second-order valence-corrected chi connectivity index (χ2v) is 8.21. The molecule has 0 saturated heterocycles. The van der Waals surface area contributed by atoms with Crippen LogP contribution in [0.2, 0.25) is 0 Å². The molecule has 0 aliphatic heterocycles. The van der Waals surface area contributed by atoms with Crippen LogP contribution in [0.15, 0.2) is 95.8 Å². The average molecular weight is 463 g/mol. The van der Waals surface area contributed by atoms with Gasteiger partial charge in [0.2, 0.25) is 5.91 Å². The molecule has 35 heavy (non-hydrogen) atoms. The first-order chi connectivity index (χ1) is 17.1. The van der Waals surface area contributed by atoms with Crippen molar-refractivity contribution in [3.05, 3.63) is 107 Å². The minimum absolute atomic E-state index is 0.119. The van der Waals surface area contributed by atoms with Gasteiger partial charge in [-0.1, -0.05) is 72.8 Å². The number of carbonyl (C=O) groups excluding carboxylic acids is 1.